The second kappa shape index (κ2) is 65.5. The van der Waals surface area contributed by atoms with Crippen LogP contribution in [0.15, 0.2) is 105 Å². The highest BCUT2D eigenvalue weighted by Gasteiger charge is 2.20. The summed E-state index contributed by atoms with van der Waals surface area (Å²) in [5.41, 5.74) is 0. The third-order valence-corrected chi connectivity index (χ3v) is 17.7. The van der Waals surface area contributed by atoms with Gasteiger partial charge in [-0.3, -0.25) is 28.8 Å². The molecular formula is C84H134O18. The van der Waals surface area contributed by atoms with E-state index in [1.54, 1.807) is 36.4 Å². The van der Waals surface area contributed by atoms with E-state index in [-0.39, 0.29) is 101 Å². The molecular weight excluding hydrogens is 1300 g/mol. The van der Waals surface area contributed by atoms with Crippen molar-refractivity contribution in [2.24, 2.45) is 0 Å². The number of ether oxygens (including phenoxy) is 9. The standard InChI is InChI=1S/C84H134O18/c1-4-7-10-34-46-72(100-82(88)58-55-79(85)97-69-75-52-43-64-93-75)49-37-28-22-16-13-19-25-31-40-61-91-67-78(96-63-42-33-27-21-15-18-24-30-39-51-74(48-36-12-9-6-3)102-84(90)60-57-81(87)99-71-77-54-45-66-95-77)68-92-62-41-32-26-20-14-17-23-29-38-50-73(47-35-11-8-5-2)101-83(89)59-56-80(86)98-70-76-53-44-65-94-76/h28-30,37-39,43-45,52-54,64-66,72-74,78H,4-27,31-36,40-42,46-51,55-63,67-71H2,1-3H3/b37-28-,38-29-,39-30-. The lowest BCUT2D eigenvalue weighted by Gasteiger charge is -2.18. The Labute approximate surface area is 613 Å². The van der Waals surface area contributed by atoms with Crippen molar-refractivity contribution >= 4 is 35.8 Å². The molecule has 0 amide bonds. The second-order valence-electron chi connectivity index (χ2n) is 27.1. The third-order valence-electron chi connectivity index (χ3n) is 17.7. The molecule has 3 rings (SSSR count). The zero-order chi connectivity index (χ0) is 73.1. The molecule has 3 atom stereocenters. The van der Waals surface area contributed by atoms with Crippen molar-refractivity contribution in [1.29, 1.82) is 0 Å². The zero-order valence-electron chi connectivity index (χ0n) is 63.3. The van der Waals surface area contributed by atoms with E-state index in [2.05, 4.69) is 57.2 Å². The summed E-state index contributed by atoms with van der Waals surface area (Å²) in [6.45, 7) is 9.86. The van der Waals surface area contributed by atoms with Gasteiger partial charge in [-0.2, -0.15) is 0 Å². The maximum atomic E-state index is 12.7. The number of furan rings is 3. The van der Waals surface area contributed by atoms with Crippen molar-refractivity contribution in [1.82, 2.24) is 0 Å². The Morgan fingerprint density at radius 1 is 0.324 bits per heavy atom. The van der Waals surface area contributed by atoms with E-state index in [0.29, 0.717) is 69.6 Å². The van der Waals surface area contributed by atoms with Crippen molar-refractivity contribution in [3.8, 4) is 0 Å². The van der Waals surface area contributed by atoms with Crippen molar-refractivity contribution in [3.63, 3.8) is 0 Å². The van der Waals surface area contributed by atoms with Gasteiger partial charge >= 0.3 is 35.8 Å². The van der Waals surface area contributed by atoms with Crippen LogP contribution in [0.25, 0.3) is 0 Å². The first kappa shape index (κ1) is 90.0. The summed E-state index contributed by atoms with van der Waals surface area (Å²) in [5, 5.41) is 0. The summed E-state index contributed by atoms with van der Waals surface area (Å²) in [6.07, 6.45) is 58.0. The van der Waals surface area contributed by atoms with Gasteiger partial charge in [-0.1, -0.05) is 192 Å². The van der Waals surface area contributed by atoms with E-state index < -0.39 is 17.9 Å². The maximum Gasteiger partial charge on any atom is 0.306 e. The normalized spacial score (nSPS) is 12.9. The fraction of sp³-hybridized carbons (Fsp3) is 0.714. The molecule has 3 unspecified atom stereocenters. The largest absolute Gasteiger partial charge is 0.466 e. The van der Waals surface area contributed by atoms with Gasteiger partial charge in [0, 0.05) is 39.1 Å². The first-order valence-corrected chi connectivity index (χ1v) is 39.9. The molecule has 0 aliphatic rings. The first-order chi connectivity index (χ1) is 50.1. The van der Waals surface area contributed by atoms with E-state index in [1.165, 1.54) is 63.7 Å². The predicted octanol–water partition coefficient (Wildman–Crippen LogP) is 21.4. The van der Waals surface area contributed by atoms with Crippen LogP contribution in [0, 0.1) is 0 Å². The lowest BCUT2D eigenvalue weighted by atomic mass is 10.1. The molecule has 0 spiro atoms. The molecule has 18 nitrogen and oxygen atoms in total. The minimum Gasteiger partial charge on any atom is -0.466 e. The monoisotopic (exact) mass is 1430 g/mol. The summed E-state index contributed by atoms with van der Waals surface area (Å²) in [5.74, 6) is -0.758. The topological polar surface area (TPSA) is 225 Å². The summed E-state index contributed by atoms with van der Waals surface area (Å²) in [4.78, 5) is 74.7. The molecule has 0 bridgehead atoms. The van der Waals surface area contributed by atoms with Crippen molar-refractivity contribution in [2.75, 3.05) is 33.0 Å². The highest BCUT2D eigenvalue weighted by molar-refractivity contribution is 5.79. The highest BCUT2D eigenvalue weighted by atomic mass is 16.6. The van der Waals surface area contributed by atoms with E-state index >= 15 is 0 Å². The number of esters is 6. The second-order valence-corrected chi connectivity index (χ2v) is 27.1. The average Bonchev–Trinajstić information content (AvgIpc) is 2.06. The smallest absolute Gasteiger partial charge is 0.306 e. The van der Waals surface area contributed by atoms with Crippen LogP contribution in [-0.2, 0) is 91.2 Å². The Hall–Kier alpha value is -6.24. The number of hydrogen-bond acceptors (Lipinski definition) is 18. The third kappa shape index (κ3) is 54.4. The van der Waals surface area contributed by atoms with Gasteiger partial charge in [0.05, 0.1) is 70.5 Å². The number of unbranched alkanes of at least 4 members (excludes halogenated alkanes) is 27. The maximum absolute atomic E-state index is 12.7. The number of carbonyl (C=O) groups excluding carboxylic acids is 6. The Bertz CT molecular complexity index is 2420. The molecule has 3 aromatic heterocycles. The molecule has 3 aromatic rings. The van der Waals surface area contributed by atoms with Crippen molar-refractivity contribution in [2.45, 2.75) is 354 Å². The molecule has 102 heavy (non-hydrogen) atoms. The van der Waals surface area contributed by atoms with Gasteiger partial charge in [-0.05, 0) is 133 Å². The molecule has 0 fully saturated rings. The number of carbonyl (C=O) groups is 6. The zero-order valence-corrected chi connectivity index (χ0v) is 63.3. The van der Waals surface area contributed by atoms with Gasteiger partial charge in [0.1, 0.15) is 61.5 Å². The minimum atomic E-state index is -0.449. The molecule has 578 valence electrons. The van der Waals surface area contributed by atoms with Crippen LogP contribution in [0.2, 0.25) is 0 Å². The van der Waals surface area contributed by atoms with Gasteiger partial charge in [-0.25, -0.2) is 0 Å². The first-order valence-electron chi connectivity index (χ1n) is 39.9. The van der Waals surface area contributed by atoms with E-state index in [4.69, 9.17) is 55.9 Å². The van der Waals surface area contributed by atoms with Crippen LogP contribution >= 0.6 is 0 Å². The lowest BCUT2D eigenvalue weighted by molar-refractivity contribution is -0.154. The number of allylic oxidation sites excluding steroid dienone is 3. The summed E-state index contributed by atoms with van der Waals surface area (Å²) in [6, 6.07) is 10.4. The summed E-state index contributed by atoms with van der Waals surface area (Å²) >= 11 is 0. The predicted molar refractivity (Wildman–Crippen MR) is 399 cm³/mol. The van der Waals surface area contributed by atoms with Crippen LogP contribution < -0.4 is 0 Å². The van der Waals surface area contributed by atoms with E-state index in [9.17, 15) is 28.8 Å². The summed E-state index contributed by atoms with van der Waals surface area (Å²) < 4.78 is 67.6. The van der Waals surface area contributed by atoms with Crippen LogP contribution in [0.5, 0.6) is 0 Å². The lowest BCUT2D eigenvalue weighted by Crippen LogP contribution is -2.26. The molecule has 0 aliphatic heterocycles. The Morgan fingerprint density at radius 2 is 0.608 bits per heavy atom. The summed E-state index contributed by atoms with van der Waals surface area (Å²) in [7, 11) is 0. The van der Waals surface area contributed by atoms with Crippen LogP contribution in [0.3, 0.4) is 0 Å². The Balaban J connectivity index is 1.33. The Morgan fingerprint density at radius 3 is 0.912 bits per heavy atom. The Kier molecular flexibility index (Phi) is 57.8. The fourth-order valence-corrected chi connectivity index (χ4v) is 11.6. The highest BCUT2D eigenvalue weighted by Crippen LogP contribution is 2.20. The van der Waals surface area contributed by atoms with Crippen molar-refractivity contribution in [3.05, 3.63) is 109 Å². The molecule has 0 N–H and O–H groups in total. The minimum absolute atomic E-state index is 0.00150. The van der Waals surface area contributed by atoms with Gasteiger partial charge in [0.15, 0.2) is 0 Å². The molecule has 0 aliphatic carbocycles. The SMILES string of the molecule is CCCCCCC(C/C=C\CCCCCCCCOCC(COCCCCCCCC/C=C\CC(CCCCCC)OC(=O)CCC(=O)OCc1ccco1)OCCCCCCCC/C=C\CC(CCCCCC)OC(=O)CCC(=O)OCc1ccco1)OC(=O)CCC(=O)OCc1ccco1. The van der Waals surface area contributed by atoms with Crippen LogP contribution in [0.4, 0.5) is 0 Å². The van der Waals surface area contributed by atoms with Crippen molar-refractivity contribution < 1.29 is 84.7 Å². The number of hydrogen-bond donors (Lipinski definition) is 0. The molecule has 3 heterocycles. The number of rotatable bonds is 71. The van der Waals surface area contributed by atoms with Crippen LogP contribution in [0.1, 0.15) is 327 Å². The molecule has 0 aromatic carbocycles. The van der Waals surface area contributed by atoms with Gasteiger partial charge in [-0.15, -0.1) is 0 Å². The van der Waals surface area contributed by atoms with Gasteiger partial charge < -0.3 is 55.9 Å². The molecule has 0 saturated heterocycles. The van der Waals surface area contributed by atoms with E-state index in [1.807, 2.05) is 0 Å². The molecule has 18 heteroatoms. The van der Waals surface area contributed by atoms with Crippen LogP contribution in [-0.4, -0.2) is 93.3 Å². The molecule has 0 saturated carbocycles. The fourth-order valence-electron chi connectivity index (χ4n) is 11.6. The van der Waals surface area contributed by atoms with Gasteiger partial charge in [0.2, 0.25) is 0 Å². The quantitative estimate of drug-likeness (QED) is 0.0222. The average molecular weight is 1430 g/mol. The molecule has 0 radical (unpaired) electrons. The van der Waals surface area contributed by atoms with Gasteiger partial charge in [0.25, 0.3) is 0 Å². The van der Waals surface area contributed by atoms with E-state index in [0.717, 1.165) is 186 Å².